The third-order valence-electron chi connectivity index (χ3n) is 2.77. The van der Waals surface area contributed by atoms with Crippen molar-refractivity contribution < 1.29 is 9.53 Å². The maximum absolute atomic E-state index is 11.9. The third-order valence-corrected chi connectivity index (χ3v) is 3.09. The number of carbonyl (C=O) groups excluding carboxylic acids is 1. The van der Waals surface area contributed by atoms with Crippen molar-refractivity contribution in [2.24, 2.45) is 0 Å². The number of halogens is 1. The molecule has 1 N–H and O–H groups in total. The van der Waals surface area contributed by atoms with Gasteiger partial charge in [0.15, 0.2) is 0 Å². The predicted octanol–water partition coefficient (Wildman–Crippen LogP) is 2.98. The van der Waals surface area contributed by atoms with E-state index in [0.717, 1.165) is 16.1 Å². The molecule has 0 saturated carbocycles. The lowest BCUT2D eigenvalue weighted by Crippen LogP contribution is -2.27. The van der Waals surface area contributed by atoms with E-state index in [1.165, 1.54) is 0 Å². The third kappa shape index (κ3) is 4.04. The molecule has 0 aliphatic heterocycles. The van der Waals surface area contributed by atoms with Gasteiger partial charge in [0.1, 0.15) is 0 Å². The average Bonchev–Trinajstić information content (AvgIpc) is 2.46. The SMILES string of the molecule is O=C(NCCOCCBr)c1ccc2ccccc2c1. The van der Waals surface area contributed by atoms with Crippen LogP contribution in [0.15, 0.2) is 42.5 Å². The molecule has 0 aromatic heterocycles. The van der Waals surface area contributed by atoms with Gasteiger partial charge in [-0.15, -0.1) is 0 Å². The first kappa shape index (κ1) is 14.0. The number of hydrogen-bond donors (Lipinski definition) is 1. The van der Waals surface area contributed by atoms with Crippen LogP contribution in [0.2, 0.25) is 0 Å². The number of alkyl halides is 1. The first-order valence-electron chi connectivity index (χ1n) is 6.22. The first-order chi connectivity index (χ1) is 9.31. The van der Waals surface area contributed by atoms with E-state index in [-0.39, 0.29) is 5.91 Å². The van der Waals surface area contributed by atoms with E-state index < -0.39 is 0 Å². The molecule has 2 rings (SSSR count). The Morgan fingerprint density at radius 2 is 1.89 bits per heavy atom. The van der Waals surface area contributed by atoms with Gasteiger partial charge in [0.05, 0.1) is 13.2 Å². The van der Waals surface area contributed by atoms with Crippen LogP contribution < -0.4 is 5.32 Å². The maximum atomic E-state index is 11.9. The molecule has 2 aromatic carbocycles. The molecule has 0 radical (unpaired) electrons. The summed E-state index contributed by atoms with van der Waals surface area (Å²) in [6.45, 7) is 1.72. The second-order valence-corrected chi connectivity index (χ2v) is 4.91. The maximum Gasteiger partial charge on any atom is 0.251 e. The van der Waals surface area contributed by atoms with E-state index in [2.05, 4.69) is 21.2 Å². The lowest BCUT2D eigenvalue weighted by atomic mass is 10.1. The Morgan fingerprint density at radius 1 is 1.11 bits per heavy atom. The highest BCUT2D eigenvalue weighted by Gasteiger charge is 2.05. The molecule has 2 aromatic rings. The van der Waals surface area contributed by atoms with Gasteiger partial charge in [-0.3, -0.25) is 4.79 Å². The van der Waals surface area contributed by atoms with E-state index in [1.54, 1.807) is 0 Å². The topological polar surface area (TPSA) is 38.3 Å². The standard InChI is InChI=1S/C15H16BrNO2/c16-7-9-19-10-8-17-15(18)14-6-5-12-3-1-2-4-13(12)11-14/h1-6,11H,7-10H2,(H,17,18). The van der Waals surface area contributed by atoms with Crippen LogP contribution >= 0.6 is 15.9 Å². The molecule has 19 heavy (non-hydrogen) atoms. The van der Waals surface area contributed by atoms with Gasteiger partial charge < -0.3 is 10.1 Å². The normalized spacial score (nSPS) is 10.6. The van der Waals surface area contributed by atoms with Crippen molar-refractivity contribution in [3.63, 3.8) is 0 Å². The monoisotopic (exact) mass is 321 g/mol. The van der Waals surface area contributed by atoms with Crippen LogP contribution in [0.4, 0.5) is 0 Å². The second kappa shape index (κ2) is 7.26. The van der Waals surface area contributed by atoms with E-state index in [1.807, 2.05) is 42.5 Å². The molecule has 0 spiro atoms. The summed E-state index contributed by atoms with van der Waals surface area (Å²) >= 11 is 3.28. The minimum absolute atomic E-state index is 0.0619. The number of benzene rings is 2. The van der Waals surface area contributed by atoms with Crippen molar-refractivity contribution in [1.82, 2.24) is 5.32 Å². The lowest BCUT2D eigenvalue weighted by molar-refractivity contribution is 0.0924. The summed E-state index contributed by atoms with van der Waals surface area (Å²) in [6, 6.07) is 13.7. The Kier molecular flexibility index (Phi) is 5.36. The van der Waals surface area contributed by atoms with Crippen molar-refractivity contribution in [1.29, 1.82) is 0 Å². The highest BCUT2D eigenvalue weighted by atomic mass is 79.9. The van der Waals surface area contributed by atoms with Gasteiger partial charge >= 0.3 is 0 Å². The van der Waals surface area contributed by atoms with Crippen LogP contribution in [-0.2, 0) is 4.74 Å². The van der Waals surface area contributed by atoms with Crippen LogP contribution in [0, 0.1) is 0 Å². The Labute approximate surface area is 121 Å². The molecular weight excluding hydrogens is 306 g/mol. The number of fused-ring (bicyclic) bond motifs is 1. The smallest absolute Gasteiger partial charge is 0.251 e. The van der Waals surface area contributed by atoms with Crippen LogP contribution in [0.25, 0.3) is 10.8 Å². The van der Waals surface area contributed by atoms with Gasteiger partial charge in [0.25, 0.3) is 5.91 Å². The molecule has 0 unspecified atom stereocenters. The van der Waals surface area contributed by atoms with Gasteiger partial charge in [0.2, 0.25) is 0 Å². The Balaban J connectivity index is 1.93. The molecule has 0 heterocycles. The zero-order valence-electron chi connectivity index (χ0n) is 10.6. The molecule has 0 aliphatic rings. The number of amides is 1. The van der Waals surface area contributed by atoms with E-state index in [0.29, 0.717) is 25.3 Å². The van der Waals surface area contributed by atoms with Gasteiger partial charge in [0, 0.05) is 17.4 Å². The molecule has 0 atom stereocenters. The van der Waals surface area contributed by atoms with Crippen molar-refractivity contribution in [3.8, 4) is 0 Å². The van der Waals surface area contributed by atoms with Crippen molar-refractivity contribution in [2.75, 3.05) is 25.1 Å². The van der Waals surface area contributed by atoms with E-state index in [4.69, 9.17) is 4.74 Å². The molecule has 100 valence electrons. The van der Waals surface area contributed by atoms with E-state index in [9.17, 15) is 4.79 Å². The minimum Gasteiger partial charge on any atom is -0.379 e. The zero-order chi connectivity index (χ0) is 13.5. The highest BCUT2D eigenvalue weighted by molar-refractivity contribution is 9.09. The van der Waals surface area contributed by atoms with Crippen molar-refractivity contribution >= 4 is 32.6 Å². The highest BCUT2D eigenvalue weighted by Crippen LogP contribution is 2.15. The fraction of sp³-hybridized carbons (Fsp3) is 0.267. The summed E-state index contributed by atoms with van der Waals surface area (Å²) in [5, 5.41) is 5.87. The number of nitrogens with one attached hydrogen (secondary N) is 1. The van der Waals surface area contributed by atoms with Gasteiger partial charge in [-0.05, 0) is 22.9 Å². The van der Waals surface area contributed by atoms with Gasteiger partial charge in [-0.25, -0.2) is 0 Å². The Hall–Kier alpha value is -1.39. The molecule has 0 saturated heterocycles. The molecule has 4 heteroatoms. The number of hydrogen-bond acceptors (Lipinski definition) is 2. The van der Waals surface area contributed by atoms with Crippen LogP contribution in [-0.4, -0.2) is 31.0 Å². The van der Waals surface area contributed by atoms with Crippen molar-refractivity contribution in [2.45, 2.75) is 0 Å². The number of ether oxygens (including phenoxy) is 1. The van der Waals surface area contributed by atoms with Crippen LogP contribution in [0.5, 0.6) is 0 Å². The molecule has 0 fully saturated rings. The summed E-state index contributed by atoms with van der Waals surface area (Å²) in [5.41, 5.74) is 0.680. The minimum atomic E-state index is -0.0619. The molecular formula is C15H16BrNO2. The summed E-state index contributed by atoms with van der Waals surface area (Å²) < 4.78 is 5.28. The zero-order valence-corrected chi connectivity index (χ0v) is 12.2. The summed E-state index contributed by atoms with van der Waals surface area (Å²) in [6.07, 6.45) is 0. The number of carbonyl (C=O) groups is 1. The quantitative estimate of drug-likeness (QED) is 0.656. The summed E-state index contributed by atoms with van der Waals surface area (Å²) in [5.74, 6) is -0.0619. The van der Waals surface area contributed by atoms with Crippen LogP contribution in [0.3, 0.4) is 0 Å². The summed E-state index contributed by atoms with van der Waals surface area (Å²) in [7, 11) is 0. The lowest BCUT2D eigenvalue weighted by Gasteiger charge is -2.06. The second-order valence-electron chi connectivity index (χ2n) is 4.12. The largest absolute Gasteiger partial charge is 0.379 e. The summed E-state index contributed by atoms with van der Waals surface area (Å²) in [4.78, 5) is 11.9. The molecule has 0 aliphatic carbocycles. The Bertz CT molecular complexity index is 557. The molecule has 0 bridgehead atoms. The van der Waals surface area contributed by atoms with E-state index >= 15 is 0 Å². The fourth-order valence-electron chi connectivity index (χ4n) is 1.83. The van der Waals surface area contributed by atoms with Crippen LogP contribution in [0.1, 0.15) is 10.4 Å². The first-order valence-corrected chi connectivity index (χ1v) is 7.34. The van der Waals surface area contributed by atoms with Gasteiger partial charge in [-0.1, -0.05) is 46.3 Å². The molecule has 1 amide bonds. The number of rotatable bonds is 6. The van der Waals surface area contributed by atoms with Gasteiger partial charge in [-0.2, -0.15) is 0 Å². The predicted molar refractivity (Wildman–Crippen MR) is 80.9 cm³/mol. The average molecular weight is 322 g/mol. The Morgan fingerprint density at radius 3 is 2.68 bits per heavy atom. The fourth-order valence-corrected chi connectivity index (χ4v) is 2.05. The molecule has 3 nitrogen and oxygen atoms in total. The van der Waals surface area contributed by atoms with Crippen molar-refractivity contribution in [3.05, 3.63) is 48.0 Å².